The van der Waals surface area contributed by atoms with Crippen molar-refractivity contribution in [1.82, 2.24) is 0 Å². The van der Waals surface area contributed by atoms with E-state index in [2.05, 4.69) is 6.58 Å². The van der Waals surface area contributed by atoms with Crippen LogP contribution in [-0.2, 0) is 15.7 Å². The summed E-state index contributed by atoms with van der Waals surface area (Å²) in [7, 11) is -0.614. The first kappa shape index (κ1) is 17.6. The maximum Gasteiger partial charge on any atom is 0.194 e. The SMILES string of the molecule is C=C1C(CO)[S+](C[C@@H](O)C(O)C(=O)C(O)CO)C[C@H]1O. The van der Waals surface area contributed by atoms with Crippen molar-refractivity contribution in [3.05, 3.63) is 12.2 Å². The molecule has 20 heavy (non-hydrogen) atoms. The molecule has 1 saturated heterocycles. The van der Waals surface area contributed by atoms with Crippen LogP contribution < -0.4 is 0 Å². The van der Waals surface area contributed by atoms with Gasteiger partial charge in [-0.3, -0.25) is 4.79 Å². The third-order valence-electron chi connectivity index (χ3n) is 3.32. The second-order valence-corrected chi connectivity index (χ2v) is 7.06. The highest BCUT2D eigenvalue weighted by Crippen LogP contribution is 2.28. The highest BCUT2D eigenvalue weighted by atomic mass is 32.2. The van der Waals surface area contributed by atoms with Crippen molar-refractivity contribution in [2.24, 2.45) is 0 Å². The van der Waals surface area contributed by atoms with E-state index in [1.165, 1.54) is 0 Å². The van der Waals surface area contributed by atoms with Crippen LogP contribution in [0.3, 0.4) is 0 Å². The molecule has 0 saturated carbocycles. The lowest BCUT2D eigenvalue weighted by molar-refractivity contribution is -0.142. The van der Waals surface area contributed by atoms with Gasteiger partial charge in [0.2, 0.25) is 0 Å². The fourth-order valence-electron chi connectivity index (χ4n) is 2.05. The standard InChI is InChI=1S/C12H21O7S/c1-6-8(16)4-20(10(6)3-14)5-9(17)12(19)11(18)7(15)2-13/h7-10,12-17,19H,1-5H2/q+1/t7?,8-,9-,10?,12?,20?/m1/s1. The number of hydrogen-bond donors (Lipinski definition) is 6. The number of aliphatic hydroxyl groups is 6. The van der Waals surface area contributed by atoms with Crippen molar-refractivity contribution in [2.45, 2.75) is 29.7 Å². The molecule has 1 aliphatic heterocycles. The first-order valence-electron chi connectivity index (χ1n) is 6.16. The van der Waals surface area contributed by atoms with E-state index in [-0.39, 0.29) is 17.6 Å². The van der Waals surface area contributed by atoms with Crippen LogP contribution in [0.25, 0.3) is 0 Å². The van der Waals surface area contributed by atoms with Crippen LogP contribution in [-0.4, -0.2) is 90.8 Å². The Morgan fingerprint density at radius 3 is 2.45 bits per heavy atom. The molecule has 116 valence electrons. The summed E-state index contributed by atoms with van der Waals surface area (Å²) in [6.07, 6.45) is -5.74. The van der Waals surface area contributed by atoms with Crippen LogP contribution in [0.1, 0.15) is 0 Å². The molecule has 1 rings (SSSR count). The molecule has 6 atom stereocenters. The maximum absolute atomic E-state index is 11.4. The lowest BCUT2D eigenvalue weighted by Crippen LogP contribution is -2.45. The van der Waals surface area contributed by atoms with E-state index in [0.29, 0.717) is 11.3 Å². The summed E-state index contributed by atoms with van der Waals surface area (Å²) in [6.45, 7) is 2.62. The monoisotopic (exact) mass is 309 g/mol. The summed E-state index contributed by atoms with van der Waals surface area (Å²) in [5.74, 6) is -0.737. The molecule has 6 N–H and O–H groups in total. The minimum atomic E-state index is -1.81. The second-order valence-electron chi connectivity index (χ2n) is 4.75. The van der Waals surface area contributed by atoms with Gasteiger partial charge in [0, 0.05) is 16.5 Å². The summed E-state index contributed by atoms with van der Waals surface area (Å²) >= 11 is 0. The maximum atomic E-state index is 11.4. The Morgan fingerprint density at radius 2 is 1.95 bits per heavy atom. The minimum Gasteiger partial charge on any atom is -0.393 e. The highest BCUT2D eigenvalue weighted by Gasteiger charge is 2.47. The molecular formula is C12H21O7S+. The molecule has 1 fully saturated rings. The zero-order valence-electron chi connectivity index (χ0n) is 10.9. The van der Waals surface area contributed by atoms with E-state index >= 15 is 0 Å². The van der Waals surface area contributed by atoms with Crippen LogP contribution in [0, 0.1) is 0 Å². The third kappa shape index (κ3) is 3.79. The highest BCUT2D eigenvalue weighted by molar-refractivity contribution is 7.98. The lowest BCUT2D eigenvalue weighted by atomic mass is 10.1. The van der Waals surface area contributed by atoms with E-state index in [0.717, 1.165) is 0 Å². The van der Waals surface area contributed by atoms with Crippen molar-refractivity contribution in [3.8, 4) is 0 Å². The van der Waals surface area contributed by atoms with E-state index in [1.807, 2.05) is 0 Å². The van der Waals surface area contributed by atoms with Gasteiger partial charge in [-0.25, -0.2) is 0 Å². The Morgan fingerprint density at radius 1 is 1.35 bits per heavy atom. The molecule has 0 spiro atoms. The van der Waals surface area contributed by atoms with Crippen LogP contribution in [0.4, 0.5) is 0 Å². The fourth-order valence-corrected chi connectivity index (χ4v) is 4.69. The Hall–Kier alpha value is -0.480. The van der Waals surface area contributed by atoms with Crippen molar-refractivity contribution in [2.75, 3.05) is 24.7 Å². The smallest absolute Gasteiger partial charge is 0.194 e. The summed E-state index contributed by atoms with van der Waals surface area (Å²) in [5.41, 5.74) is 0.485. The molecule has 0 aromatic heterocycles. The molecular weight excluding hydrogens is 288 g/mol. The minimum absolute atomic E-state index is 0.00631. The summed E-state index contributed by atoms with van der Waals surface area (Å²) in [6, 6.07) is 0. The number of carbonyl (C=O) groups excluding carboxylic acids is 1. The number of Topliss-reactive ketones (excluding diaryl/α,β-unsaturated/α-hetero) is 1. The zero-order chi connectivity index (χ0) is 15.4. The van der Waals surface area contributed by atoms with E-state index in [1.54, 1.807) is 0 Å². The van der Waals surface area contributed by atoms with Gasteiger partial charge in [0.15, 0.2) is 11.0 Å². The van der Waals surface area contributed by atoms with Crippen molar-refractivity contribution in [3.63, 3.8) is 0 Å². The predicted molar refractivity (Wildman–Crippen MR) is 73.2 cm³/mol. The second kappa shape index (κ2) is 7.51. The molecule has 0 aromatic carbocycles. The number of hydrogen-bond acceptors (Lipinski definition) is 7. The molecule has 1 heterocycles. The number of carbonyl (C=O) groups is 1. The van der Waals surface area contributed by atoms with Gasteiger partial charge < -0.3 is 30.6 Å². The van der Waals surface area contributed by atoms with Crippen molar-refractivity contribution < 1.29 is 35.4 Å². The number of ketones is 1. The summed E-state index contributed by atoms with van der Waals surface area (Å²) in [5, 5.41) is 55.8. The average Bonchev–Trinajstić information content (AvgIpc) is 2.70. The predicted octanol–water partition coefficient (Wildman–Crippen LogP) is -3.46. The van der Waals surface area contributed by atoms with Crippen LogP contribution in [0.5, 0.6) is 0 Å². The molecule has 7 nitrogen and oxygen atoms in total. The summed E-state index contributed by atoms with van der Waals surface area (Å²) in [4.78, 5) is 11.4. The Bertz CT molecular complexity index is 362. The molecule has 0 radical (unpaired) electrons. The first-order chi connectivity index (χ1) is 9.33. The Labute approximate surface area is 119 Å². The molecule has 0 aromatic rings. The first-order valence-corrected chi connectivity index (χ1v) is 7.78. The lowest BCUT2D eigenvalue weighted by Gasteiger charge is -2.19. The summed E-state index contributed by atoms with van der Waals surface area (Å²) < 4.78 is 0. The van der Waals surface area contributed by atoms with Gasteiger partial charge in [-0.05, 0) is 0 Å². The van der Waals surface area contributed by atoms with Gasteiger partial charge >= 0.3 is 0 Å². The molecule has 0 bridgehead atoms. The van der Waals surface area contributed by atoms with Gasteiger partial charge in [-0.15, -0.1) is 0 Å². The van der Waals surface area contributed by atoms with Gasteiger partial charge in [0.05, 0.1) is 13.2 Å². The van der Waals surface area contributed by atoms with E-state index in [9.17, 15) is 25.2 Å². The molecule has 1 aliphatic rings. The molecule has 0 aliphatic carbocycles. The van der Waals surface area contributed by atoms with E-state index in [4.69, 9.17) is 10.2 Å². The number of aliphatic hydroxyl groups excluding tert-OH is 6. The van der Waals surface area contributed by atoms with Gasteiger partial charge in [0.1, 0.15) is 35.9 Å². The van der Waals surface area contributed by atoms with Crippen LogP contribution in [0.2, 0.25) is 0 Å². The number of rotatable bonds is 7. The van der Waals surface area contributed by atoms with Crippen LogP contribution in [0.15, 0.2) is 12.2 Å². The van der Waals surface area contributed by atoms with Gasteiger partial charge in [-0.1, -0.05) is 6.58 Å². The molecule has 0 amide bonds. The van der Waals surface area contributed by atoms with Crippen molar-refractivity contribution in [1.29, 1.82) is 0 Å². The van der Waals surface area contributed by atoms with Crippen molar-refractivity contribution >= 4 is 16.7 Å². The Kier molecular flexibility index (Phi) is 6.59. The zero-order valence-corrected chi connectivity index (χ0v) is 11.7. The third-order valence-corrected chi connectivity index (χ3v) is 6.09. The fraction of sp³-hybridized carbons (Fsp3) is 0.750. The van der Waals surface area contributed by atoms with E-state index < -0.39 is 47.7 Å². The topological polar surface area (TPSA) is 138 Å². The van der Waals surface area contributed by atoms with Gasteiger partial charge in [-0.2, -0.15) is 0 Å². The average molecular weight is 309 g/mol. The quantitative estimate of drug-likeness (QED) is 0.212. The van der Waals surface area contributed by atoms with Crippen LogP contribution >= 0.6 is 0 Å². The largest absolute Gasteiger partial charge is 0.393 e. The van der Waals surface area contributed by atoms with Gasteiger partial charge in [0.25, 0.3) is 0 Å². The molecule has 4 unspecified atom stereocenters. The Balaban J connectivity index is 2.64. The molecule has 8 heteroatoms. The normalized spacial score (nSPS) is 31.1.